The molecule has 0 radical (unpaired) electrons. The average Bonchev–Trinajstić information content (AvgIpc) is 2.72. The van der Waals surface area contributed by atoms with Gasteiger partial charge in [0, 0.05) is 28.7 Å². The summed E-state index contributed by atoms with van der Waals surface area (Å²) in [5.74, 6) is 0.717. The highest BCUT2D eigenvalue weighted by Gasteiger charge is 2.12. The van der Waals surface area contributed by atoms with Gasteiger partial charge in [-0.3, -0.25) is 4.79 Å². The molecule has 162 valence electrons. The number of benzene rings is 2. The minimum atomic E-state index is -0.330. The first-order valence-electron chi connectivity index (χ1n) is 9.72. The topological polar surface area (TPSA) is 127 Å². The molecular weight excluding hydrogens is 390 g/mol. The van der Waals surface area contributed by atoms with Crippen molar-refractivity contribution in [3.05, 3.63) is 42.0 Å². The highest BCUT2D eigenvalue weighted by Crippen LogP contribution is 2.31. The molecule has 3 rings (SSSR count). The van der Waals surface area contributed by atoms with Crippen LogP contribution in [0.25, 0.3) is 0 Å². The largest absolute Gasteiger partial charge is 0.487 e. The van der Waals surface area contributed by atoms with Crippen LogP contribution in [0.4, 0.5) is 17.1 Å². The third-order valence-corrected chi connectivity index (χ3v) is 4.16. The van der Waals surface area contributed by atoms with Crippen LogP contribution in [0.1, 0.15) is 10.4 Å². The molecule has 2 aromatic carbocycles. The normalized spacial score (nSPS) is 16.1. The molecule has 0 saturated carbocycles. The Balaban J connectivity index is 1.69. The Morgan fingerprint density at radius 1 is 0.700 bits per heavy atom. The molecule has 0 spiro atoms. The minimum absolute atomic E-state index is 0.329. The number of hydrogen-bond donors (Lipinski definition) is 3. The molecule has 0 bridgehead atoms. The van der Waals surface area contributed by atoms with Gasteiger partial charge in [-0.15, -0.1) is 0 Å². The Hall–Kier alpha value is -3.01. The summed E-state index contributed by atoms with van der Waals surface area (Å²) in [5, 5.41) is 2.82. The molecule has 2 aromatic rings. The molecule has 0 aliphatic carbocycles. The summed E-state index contributed by atoms with van der Waals surface area (Å²) in [5.41, 5.74) is 13.3. The Morgan fingerprint density at radius 2 is 1.23 bits per heavy atom. The number of carbonyl (C=O) groups is 1. The SMILES string of the molecule is Nc1cc(N)cc(C(=O)Nc2ccc3c(c2)OCCOCCOCCOCCO3)c1. The number of ether oxygens (including phenoxy) is 5. The fourth-order valence-corrected chi connectivity index (χ4v) is 2.79. The lowest BCUT2D eigenvalue weighted by molar-refractivity contribution is 0.00708. The van der Waals surface area contributed by atoms with Crippen LogP contribution in [0.15, 0.2) is 36.4 Å². The summed E-state index contributed by atoms with van der Waals surface area (Å²) < 4.78 is 27.9. The highest BCUT2D eigenvalue weighted by atomic mass is 16.6. The van der Waals surface area contributed by atoms with E-state index in [0.29, 0.717) is 87.0 Å². The molecule has 0 saturated heterocycles. The van der Waals surface area contributed by atoms with Crippen LogP contribution in [-0.2, 0) is 14.2 Å². The van der Waals surface area contributed by atoms with Crippen molar-refractivity contribution in [2.24, 2.45) is 0 Å². The smallest absolute Gasteiger partial charge is 0.255 e. The zero-order valence-electron chi connectivity index (χ0n) is 16.7. The van der Waals surface area contributed by atoms with E-state index in [-0.39, 0.29) is 5.91 Å². The van der Waals surface area contributed by atoms with E-state index in [1.165, 1.54) is 0 Å². The van der Waals surface area contributed by atoms with Crippen LogP contribution >= 0.6 is 0 Å². The molecule has 1 aliphatic heterocycles. The van der Waals surface area contributed by atoms with Gasteiger partial charge in [-0.1, -0.05) is 0 Å². The molecule has 1 amide bonds. The van der Waals surface area contributed by atoms with Crippen LogP contribution in [0, 0.1) is 0 Å². The maximum absolute atomic E-state index is 12.6. The van der Waals surface area contributed by atoms with Crippen molar-refractivity contribution in [1.29, 1.82) is 0 Å². The van der Waals surface area contributed by atoms with Gasteiger partial charge in [0.05, 0.1) is 39.6 Å². The summed E-state index contributed by atoms with van der Waals surface area (Å²) in [6.45, 7) is 3.50. The van der Waals surface area contributed by atoms with Gasteiger partial charge < -0.3 is 40.5 Å². The highest BCUT2D eigenvalue weighted by molar-refractivity contribution is 6.05. The summed E-state index contributed by atoms with van der Waals surface area (Å²) in [6.07, 6.45) is 0. The van der Waals surface area contributed by atoms with Crippen LogP contribution in [0.5, 0.6) is 11.5 Å². The molecule has 0 fully saturated rings. The summed E-state index contributed by atoms with van der Waals surface area (Å²) in [4.78, 5) is 12.6. The number of hydrogen-bond acceptors (Lipinski definition) is 8. The van der Waals surface area contributed by atoms with Crippen molar-refractivity contribution in [3.8, 4) is 11.5 Å². The number of anilines is 3. The van der Waals surface area contributed by atoms with Crippen molar-refractivity contribution < 1.29 is 28.5 Å². The number of amides is 1. The Kier molecular flexibility index (Phi) is 8.13. The van der Waals surface area contributed by atoms with Gasteiger partial charge in [0.15, 0.2) is 11.5 Å². The second kappa shape index (κ2) is 11.2. The third kappa shape index (κ3) is 6.80. The first kappa shape index (κ1) is 21.7. The number of nitrogens with two attached hydrogens (primary N) is 2. The molecular formula is C21H27N3O6. The van der Waals surface area contributed by atoms with E-state index in [2.05, 4.69) is 5.32 Å². The van der Waals surface area contributed by atoms with E-state index < -0.39 is 0 Å². The van der Waals surface area contributed by atoms with E-state index >= 15 is 0 Å². The van der Waals surface area contributed by atoms with Gasteiger partial charge in [-0.25, -0.2) is 0 Å². The molecule has 30 heavy (non-hydrogen) atoms. The molecule has 0 unspecified atom stereocenters. The van der Waals surface area contributed by atoms with Crippen LogP contribution in [0.2, 0.25) is 0 Å². The van der Waals surface area contributed by atoms with E-state index in [1.54, 1.807) is 36.4 Å². The molecule has 5 N–H and O–H groups in total. The van der Waals surface area contributed by atoms with Crippen molar-refractivity contribution in [3.63, 3.8) is 0 Å². The average molecular weight is 417 g/mol. The first-order valence-corrected chi connectivity index (χ1v) is 9.72. The van der Waals surface area contributed by atoms with Gasteiger partial charge in [0.2, 0.25) is 0 Å². The number of nitrogen functional groups attached to an aromatic ring is 2. The van der Waals surface area contributed by atoms with Crippen molar-refractivity contribution in [1.82, 2.24) is 0 Å². The second-order valence-corrected chi connectivity index (χ2v) is 6.54. The lowest BCUT2D eigenvalue weighted by Gasteiger charge is -2.15. The maximum atomic E-state index is 12.6. The Morgan fingerprint density at radius 3 is 1.83 bits per heavy atom. The zero-order chi connectivity index (χ0) is 21.2. The van der Waals surface area contributed by atoms with E-state index in [4.69, 9.17) is 35.2 Å². The van der Waals surface area contributed by atoms with Gasteiger partial charge in [-0.2, -0.15) is 0 Å². The fourth-order valence-electron chi connectivity index (χ4n) is 2.79. The Bertz CT molecular complexity index is 825. The lowest BCUT2D eigenvalue weighted by Crippen LogP contribution is -2.14. The van der Waals surface area contributed by atoms with E-state index in [0.717, 1.165) is 0 Å². The molecule has 0 aromatic heterocycles. The second-order valence-electron chi connectivity index (χ2n) is 6.54. The summed E-state index contributed by atoms with van der Waals surface area (Å²) >= 11 is 0. The van der Waals surface area contributed by atoms with Crippen LogP contribution in [-0.4, -0.2) is 58.8 Å². The molecule has 1 heterocycles. The quantitative estimate of drug-likeness (QED) is 0.633. The standard InChI is InChI=1S/C21H27N3O6/c22-16-11-15(12-17(23)13-16)21(25)24-18-1-2-19-20(14-18)30-10-8-28-6-4-26-3-5-27-7-9-29-19/h1-2,11-14H,3-10,22-23H2,(H,24,25). The predicted molar refractivity (Wildman–Crippen MR) is 113 cm³/mol. The number of carbonyl (C=O) groups excluding carboxylic acids is 1. The van der Waals surface area contributed by atoms with Crippen LogP contribution in [0.3, 0.4) is 0 Å². The number of rotatable bonds is 2. The van der Waals surface area contributed by atoms with Gasteiger partial charge in [-0.05, 0) is 30.3 Å². The molecule has 1 aliphatic rings. The van der Waals surface area contributed by atoms with Crippen molar-refractivity contribution >= 4 is 23.0 Å². The molecule has 9 heteroatoms. The van der Waals surface area contributed by atoms with Gasteiger partial charge in [0.25, 0.3) is 5.91 Å². The number of nitrogens with one attached hydrogen (secondary N) is 1. The summed E-state index contributed by atoms with van der Waals surface area (Å²) in [7, 11) is 0. The fraction of sp³-hybridized carbons (Fsp3) is 0.381. The van der Waals surface area contributed by atoms with Gasteiger partial charge in [0.1, 0.15) is 13.2 Å². The van der Waals surface area contributed by atoms with Crippen molar-refractivity contribution in [2.75, 3.05) is 69.6 Å². The monoisotopic (exact) mass is 417 g/mol. The molecule has 9 nitrogen and oxygen atoms in total. The first-order chi connectivity index (χ1) is 14.6. The minimum Gasteiger partial charge on any atom is -0.487 e. The maximum Gasteiger partial charge on any atom is 0.255 e. The molecule has 0 atom stereocenters. The lowest BCUT2D eigenvalue weighted by atomic mass is 10.1. The predicted octanol–water partition coefficient (Wildman–Crippen LogP) is 1.92. The van der Waals surface area contributed by atoms with Crippen molar-refractivity contribution in [2.45, 2.75) is 0 Å². The van der Waals surface area contributed by atoms with E-state index in [9.17, 15) is 4.79 Å². The van der Waals surface area contributed by atoms with Gasteiger partial charge >= 0.3 is 0 Å². The number of fused-ring (bicyclic) bond motifs is 1. The third-order valence-electron chi connectivity index (χ3n) is 4.16. The summed E-state index contributed by atoms with van der Waals surface area (Å²) in [6, 6.07) is 9.89. The Labute approximate surface area is 175 Å². The van der Waals surface area contributed by atoms with Crippen LogP contribution < -0.4 is 26.3 Å². The van der Waals surface area contributed by atoms with E-state index in [1.807, 2.05) is 0 Å². The zero-order valence-corrected chi connectivity index (χ0v) is 16.7.